The summed E-state index contributed by atoms with van der Waals surface area (Å²) in [6.07, 6.45) is 0. The molecule has 0 radical (unpaired) electrons. The van der Waals surface area contributed by atoms with Crippen LogP contribution in [0.2, 0.25) is 0 Å². The van der Waals surface area contributed by atoms with Crippen molar-refractivity contribution in [2.24, 2.45) is 0 Å². The zero-order valence-electron chi connectivity index (χ0n) is 16.3. The Morgan fingerprint density at radius 3 is 2.38 bits per heavy atom. The first-order valence-electron chi connectivity index (χ1n) is 8.58. The van der Waals surface area contributed by atoms with Crippen molar-refractivity contribution in [3.63, 3.8) is 0 Å². The molecule has 5 nitrogen and oxygen atoms in total. The van der Waals surface area contributed by atoms with Gasteiger partial charge in [-0.15, -0.1) is 0 Å². The number of benzene rings is 2. The highest BCUT2D eigenvalue weighted by Crippen LogP contribution is 2.29. The molecule has 2 aromatic rings. The predicted octanol–water partition coefficient (Wildman–Crippen LogP) is 3.89. The van der Waals surface area contributed by atoms with Crippen molar-refractivity contribution in [1.82, 2.24) is 5.32 Å². The van der Waals surface area contributed by atoms with E-state index < -0.39 is 0 Å². The molecule has 1 atom stereocenters. The molecule has 2 aromatic carbocycles. The predicted molar refractivity (Wildman–Crippen MR) is 102 cm³/mol. The Morgan fingerprint density at radius 2 is 1.73 bits per heavy atom. The van der Waals surface area contributed by atoms with Crippen LogP contribution < -0.4 is 19.5 Å². The molecule has 1 N–H and O–H groups in total. The smallest absolute Gasteiger partial charge is 0.258 e. The van der Waals surface area contributed by atoms with E-state index in [-0.39, 0.29) is 18.6 Å². The van der Waals surface area contributed by atoms with Crippen LogP contribution in [0.3, 0.4) is 0 Å². The van der Waals surface area contributed by atoms with E-state index in [0.29, 0.717) is 11.5 Å². The molecule has 1 amide bonds. The fourth-order valence-corrected chi connectivity index (χ4v) is 2.82. The normalized spacial score (nSPS) is 11.6. The van der Waals surface area contributed by atoms with Crippen LogP contribution in [-0.4, -0.2) is 26.7 Å². The Hall–Kier alpha value is -2.69. The Morgan fingerprint density at radius 1 is 1.04 bits per heavy atom. The van der Waals surface area contributed by atoms with Crippen molar-refractivity contribution in [1.29, 1.82) is 0 Å². The summed E-state index contributed by atoms with van der Waals surface area (Å²) in [6, 6.07) is 9.32. The summed E-state index contributed by atoms with van der Waals surface area (Å²) < 4.78 is 16.4. The maximum atomic E-state index is 12.4. The number of methoxy groups -OCH3 is 2. The van der Waals surface area contributed by atoms with E-state index in [0.717, 1.165) is 28.0 Å². The quantitative estimate of drug-likeness (QED) is 0.817. The van der Waals surface area contributed by atoms with Crippen molar-refractivity contribution in [3.8, 4) is 17.2 Å². The molecule has 0 heterocycles. The Kier molecular flexibility index (Phi) is 6.50. The largest absolute Gasteiger partial charge is 0.497 e. The molecule has 5 heteroatoms. The Balaban J connectivity index is 2.05. The van der Waals surface area contributed by atoms with Crippen molar-refractivity contribution in [3.05, 3.63) is 52.6 Å². The number of ether oxygens (including phenoxy) is 3. The molecule has 0 aliphatic heterocycles. The Bertz CT molecular complexity index is 786. The zero-order valence-corrected chi connectivity index (χ0v) is 16.3. The third-order valence-corrected chi connectivity index (χ3v) is 4.50. The van der Waals surface area contributed by atoms with Gasteiger partial charge in [0.15, 0.2) is 6.61 Å². The molecule has 1 unspecified atom stereocenters. The molecule has 140 valence electrons. The van der Waals surface area contributed by atoms with Gasteiger partial charge in [0, 0.05) is 5.56 Å². The summed E-state index contributed by atoms with van der Waals surface area (Å²) >= 11 is 0. The van der Waals surface area contributed by atoms with Crippen LogP contribution in [0.1, 0.15) is 35.2 Å². The zero-order chi connectivity index (χ0) is 19.3. The average molecular weight is 357 g/mol. The average Bonchev–Trinajstić information content (AvgIpc) is 2.64. The third kappa shape index (κ3) is 4.48. The molecule has 0 aliphatic rings. The van der Waals surface area contributed by atoms with Gasteiger partial charge < -0.3 is 19.5 Å². The van der Waals surface area contributed by atoms with E-state index in [2.05, 4.69) is 11.4 Å². The molecule has 0 bridgehead atoms. The van der Waals surface area contributed by atoms with Crippen LogP contribution in [0.15, 0.2) is 30.3 Å². The summed E-state index contributed by atoms with van der Waals surface area (Å²) in [5, 5.41) is 2.95. The van der Waals surface area contributed by atoms with Gasteiger partial charge in [-0.25, -0.2) is 0 Å². The van der Waals surface area contributed by atoms with Gasteiger partial charge in [0.2, 0.25) is 0 Å². The van der Waals surface area contributed by atoms with Crippen molar-refractivity contribution < 1.29 is 19.0 Å². The number of aryl methyl sites for hydroxylation is 2. The fourth-order valence-electron chi connectivity index (χ4n) is 2.82. The van der Waals surface area contributed by atoms with Gasteiger partial charge in [-0.1, -0.05) is 12.1 Å². The van der Waals surface area contributed by atoms with Gasteiger partial charge in [0.1, 0.15) is 17.2 Å². The second-order valence-corrected chi connectivity index (χ2v) is 6.34. The first kappa shape index (κ1) is 19.6. The summed E-state index contributed by atoms with van der Waals surface area (Å²) in [5.74, 6) is 1.99. The monoisotopic (exact) mass is 357 g/mol. The van der Waals surface area contributed by atoms with Gasteiger partial charge in [-0.05, 0) is 62.6 Å². The van der Waals surface area contributed by atoms with E-state index >= 15 is 0 Å². The van der Waals surface area contributed by atoms with E-state index in [1.807, 2.05) is 52.0 Å². The third-order valence-electron chi connectivity index (χ3n) is 4.50. The highest BCUT2D eigenvalue weighted by molar-refractivity contribution is 5.78. The van der Waals surface area contributed by atoms with E-state index in [1.165, 1.54) is 0 Å². The van der Waals surface area contributed by atoms with Crippen LogP contribution in [0.4, 0.5) is 0 Å². The van der Waals surface area contributed by atoms with E-state index in [1.54, 1.807) is 14.2 Å². The fraction of sp³-hybridized carbons (Fsp3) is 0.381. The number of rotatable bonds is 7. The van der Waals surface area contributed by atoms with Gasteiger partial charge in [-0.3, -0.25) is 4.79 Å². The van der Waals surface area contributed by atoms with Gasteiger partial charge in [0.25, 0.3) is 5.91 Å². The van der Waals surface area contributed by atoms with Gasteiger partial charge in [-0.2, -0.15) is 0 Å². The van der Waals surface area contributed by atoms with Crippen LogP contribution in [0, 0.1) is 20.8 Å². The SMILES string of the molecule is COc1ccc(OC)c(C(C)NC(=O)COc2c(C)ccc(C)c2C)c1. The highest BCUT2D eigenvalue weighted by atomic mass is 16.5. The van der Waals surface area contributed by atoms with Crippen LogP contribution in [-0.2, 0) is 4.79 Å². The van der Waals surface area contributed by atoms with Crippen LogP contribution in [0.25, 0.3) is 0 Å². The number of carbonyl (C=O) groups excluding carboxylic acids is 1. The van der Waals surface area contributed by atoms with Crippen molar-refractivity contribution in [2.45, 2.75) is 33.7 Å². The lowest BCUT2D eigenvalue weighted by atomic mass is 10.1. The highest BCUT2D eigenvalue weighted by Gasteiger charge is 2.16. The molecule has 26 heavy (non-hydrogen) atoms. The first-order valence-corrected chi connectivity index (χ1v) is 8.58. The summed E-state index contributed by atoms with van der Waals surface area (Å²) in [4.78, 5) is 12.4. The lowest BCUT2D eigenvalue weighted by Gasteiger charge is -2.19. The minimum Gasteiger partial charge on any atom is -0.497 e. The molecule has 0 aliphatic carbocycles. The molecular weight excluding hydrogens is 330 g/mol. The summed E-state index contributed by atoms with van der Waals surface area (Å²) in [5.41, 5.74) is 4.06. The molecule has 0 saturated carbocycles. The van der Waals surface area contributed by atoms with Gasteiger partial charge >= 0.3 is 0 Å². The molecule has 0 fully saturated rings. The molecule has 0 aromatic heterocycles. The molecular formula is C21H27NO4. The molecule has 0 spiro atoms. The maximum Gasteiger partial charge on any atom is 0.258 e. The van der Waals surface area contributed by atoms with Crippen LogP contribution in [0.5, 0.6) is 17.2 Å². The number of amides is 1. The van der Waals surface area contributed by atoms with E-state index in [9.17, 15) is 4.79 Å². The standard InChI is InChI=1S/C21H27NO4/c1-13-7-8-14(2)21(15(13)3)26-12-20(23)22-16(4)18-11-17(24-5)9-10-19(18)25-6/h7-11,16H,12H2,1-6H3,(H,22,23). The summed E-state index contributed by atoms with van der Waals surface area (Å²) in [6.45, 7) is 7.86. The summed E-state index contributed by atoms with van der Waals surface area (Å²) in [7, 11) is 3.21. The number of carbonyl (C=O) groups is 1. The second-order valence-electron chi connectivity index (χ2n) is 6.34. The lowest BCUT2D eigenvalue weighted by molar-refractivity contribution is -0.123. The van der Waals surface area contributed by atoms with E-state index in [4.69, 9.17) is 14.2 Å². The lowest BCUT2D eigenvalue weighted by Crippen LogP contribution is -2.31. The molecule has 0 saturated heterocycles. The number of hydrogen-bond donors (Lipinski definition) is 1. The first-order chi connectivity index (χ1) is 12.4. The van der Waals surface area contributed by atoms with Crippen molar-refractivity contribution >= 4 is 5.91 Å². The number of hydrogen-bond acceptors (Lipinski definition) is 4. The maximum absolute atomic E-state index is 12.4. The van der Waals surface area contributed by atoms with Crippen molar-refractivity contribution in [2.75, 3.05) is 20.8 Å². The minimum atomic E-state index is -0.240. The second kappa shape index (κ2) is 8.61. The Labute approximate surface area is 155 Å². The number of nitrogens with one attached hydrogen (secondary N) is 1. The topological polar surface area (TPSA) is 56.8 Å². The minimum absolute atomic E-state index is 0.0399. The van der Waals surface area contributed by atoms with Gasteiger partial charge in [0.05, 0.1) is 20.3 Å². The van der Waals surface area contributed by atoms with Crippen LogP contribution >= 0.6 is 0 Å². The molecule has 2 rings (SSSR count).